The van der Waals surface area contributed by atoms with Crippen LogP contribution in [0.2, 0.25) is 0 Å². The van der Waals surface area contributed by atoms with E-state index < -0.39 is 21.8 Å². The molecule has 2 aromatic rings. The second-order valence-corrected chi connectivity index (χ2v) is 12.0. The van der Waals surface area contributed by atoms with Crippen LogP contribution in [-0.2, 0) is 14.8 Å². The van der Waals surface area contributed by atoms with Gasteiger partial charge >= 0.3 is 0 Å². The van der Waals surface area contributed by atoms with Crippen molar-refractivity contribution in [2.24, 2.45) is 5.92 Å². The maximum absolute atomic E-state index is 13.1. The smallest absolute Gasteiger partial charge is 0.251 e. The SMILES string of the molecule is CC[C@H](NCCNC(=O)c1cc(C(=O)N[C@H](C)c2ccccc2)cc(N(C)S(C)(=O)=O)c1)C(=O)NCC1CC1. The monoisotopic (exact) mass is 557 g/mol. The number of nitrogens with zero attached hydrogens (tertiary/aromatic N) is 1. The second-order valence-electron chi connectivity index (χ2n) is 9.96. The van der Waals surface area contributed by atoms with E-state index in [0.717, 1.165) is 29.0 Å². The van der Waals surface area contributed by atoms with Gasteiger partial charge in [-0.25, -0.2) is 8.42 Å². The average molecular weight is 558 g/mol. The van der Waals surface area contributed by atoms with Gasteiger partial charge in [-0.2, -0.15) is 0 Å². The Labute approximate surface area is 231 Å². The van der Waals surface area contributed by atoms with E-state index in [9.17, 15) is 22.8 Å². The molecule has 2 atom stereocenters. The number of carbonyl (C=O) groups is 3. The van der Waals surface area contributed by atoms with E-state index in [0.29, 0.717) is 25.4 Å². The van der Waals surface area contributed by atoms with Crippen molar-refractivity contribution in [1.82, 2.24) is 21.3 Å². The van der Waals surface area contributed by atoms with E-state index >= 15 is 0 Å². The molecule has 0 aromatic heterocycles. The fourth-order valence-electron chi connectivity index (χ4n) is 3.99. The Morgan fingerprint density at radius 3 is 2.21 bits per heavy atom. The predicted octanol–water partition coefficient (Wildman–Crippen LogP) is 2.20. The van der Waals surface area contributed by atoms with E-state index in [4.69, 9.17) is 0 Å². The Bertz CT molecular complexity index is 1260. The normalized spacial score (nSPS) is 14.7. The maximum atomic E-state index is 13.1. The van der Waals surface area contributed by atoms with E-state index in [2.05, 4.69) is 21.3 Å². The predicted molar refractivity (Wildman–Crippen MR) is 152 cm³/mol. The highest BCUT2D eigenvalue weighted by Gasteiger charge is 2.24. The number of nitrogens with one attached hydrogen (secondary N) is 4. The molecule has 212 valence electrons. The number of hydrogen-bond acceptors (Lipinski definition) is 6. The van der Waals surface area contributed by atoms with Gasteiger partial charge in [-0.1, -0.05) is 37.3 Å². The van der Waals surface area contributed by atoms with Crippen molar-refractivity contribution < 1.29 is 22.8 Å². The highest BCUT2D eigenvalue weighted by Crippen LogP contribution is 2.27. The summed E-state index contributed by atoms with van der Waals surface area (Å²) in [5.74, 6) is -0.352. The zero-order valence-electron chi connectivity index (χ0n) is 23.0. The summed E-state index contributed by atoms with van der Waals surface area (Å²) in [6.45, 7) is 5.07. The number of amides is 3. The van der Waals surface area contributed by atoms with Gasteiger partial charge in [-0.05, 0) is 55.9 Å². The summed E-state index contributed by atoms with van der Waals surface area (Å²) < 4.78 is 25.4. The lowest BCUT2D eigenvalue weighted by Gasteiger charge is -2.20. The first-order valence-corrected chi connectivity index (χ1v) is 15.1. The molecule has 3 amide bonds. The molecule has 0 bridgehead atoms. The Balaban J connectivity index is 1.67. The minimum absolute atomic E-state index is 0.0485. The molecule has 2 aromatic carbocycles. The molecule has 1 aliphatic carbocycles. The van der Waals surface area contributed by atoms with Crippen LogP contribution in [0.4, 0.5) is 5.69 Å². The molecular formula is C28H39N5O5S. The number of carbonyl (C=O) groups excluding carboxylic acids is 3. The van der Waals surface area contributed by atoms with Crippen LogP contribution < -0.4 is 25.6 Å². The molecule has 11 heteroatoms. The van der Waals surface area contributed by atoms with Crippen LogP contribution in [0.1, 0.15) is 65.4 Å². The minimum Gasteiger partial charge on any atom is -0.354 e. The number of sulfonamides is 1. The number of hydrogen-bond donors (Lipinski definition) is 4. The molecule has 4 N–H and O–H groups in total. The fraction of sp³-hybridized carbons (Fsp3) is 0.464. The minimum atomic E-state index is -3.63. The number of anilines is 1. The van der Waals surface area contributed by atoms with Crippen LogP contribution in [0, 0.1) is 5.92 Å². The van der Waals surface area contributed by atoms with E-state index in [-0.39, 0.29) is 41.3 Å². The number of benzene rings is 2. The van der Waals surface area contributed by atoms with Crippen LogP contribution in [-0.4, -0.2) is 65.1 Å². The van der Waals surface area contributed by atoms with Crippen molar-refractivity contribution in [2.75, 3.05) is 37.2 Å². The van der Waals surface area contributed by atoms with Crippen molar-refractivity contribution in [3.8, 4) is 0 Å². The highest BCUT2D eigenvalue weighted by atomic mass is 32.2. The lowest BCUT2D eigenvalue weighted by Crippen LogP contribution is -2.46. The Hall–Kier alpha value is -3.44. The van der Waals surface area contributed by atoms with Crippen molar-refractivity contribution in [3.63, 3.8) is 0 Å². The summed E-state index contributed by atoms with van der Waals surface area (Å²) in [7, 11) is -2.27. The quantitative estimate of drug-likeness (QED) is 0.263. The van der Waals surface area contributed by atoms with E-state index in [1.165, 1.54) is 25.2 Å². The molecule has 39 heavy (non-hydrogen) atoms. The van der Waals surface area contributed by atoms with Crippen LogP contribution in [0.25, 0.3) is 0 Å². The summed E-state index contributed by atoms with van der Waals surface area (Å²) in [5, 5.41) is 11.8. The van der Waals surface area contributed by atoms with Gasteiger partial charge in [-0.15, -0.1) is 0 Å². The zero-order chi connectivity index (χ0) is 28.6. The third-order valence-electron chi connectivity index (χ3n) is 6.74. The van der Waals surface area contributed by atoms with Gasteiger partial charge in [0.1, 0.15) is 0 Å². The topological polar surface area (TPSA) is 137 Å². The standard InChI is InChI=1S/C28H39N5O5S/c1-5-25(28(36)31-18-20-11-12-20)29-13-14-30-26(34)22-15-23(17-24(16-22)33(3)39(4,37)38)27(35)32-19(2)21-9-7-6-8-10-21/h6-10,15-17,19-20,25,29H,5,11-14,18H2,1-4H3,(H,30,34)(H,31,36)(H,32,35)/t19-,25+/m1/s1. The van der Waals surface area contributed by atoms with Crippen LogP contribution in [0.5, 0.6) is 0 Å². The Morgan fingerprint density at radius 2 is 1.62 bits per heavy atom. The summed E-state index contributed by atoms with van der Waals surface area (Å²) in [6, 6.07) is 13.1. The Kier molecular flexibility index (Phi) is 10.5. The number of rotatable bonds is 14. The molecule has 10 nitrogen and oxygen atoms in total. The first-order valence-electron chi connectivity index (χ1n) is 13.2. The van der Waals surface area contributed by atoms with Crippen molar-refractivity contribution >= 4 is 33.4 Å². The molecule has 3 rings (SSSR count). The highest BCUT2D eigenvalue weighted by molar-refractivity contribution is 7.92. The van der Waals surface area contributed by atoms with Gasteiger partial charge in [0.05, 0.1) is 24.0 Å². The molecule has 0 radical (unpaired) electrons. The van der Waals surface area contributed by atoms with E-state index in [1.807, 2.05) is 44.2 Å². The van der Waals surface area contributed by atoms with Gasteiger partial charge in [0.15, 0.2) is 0 Å². The summed E-state index contributed by atoms with van der Waals surface area (Å²) in [5.41, 5.74) is 1.41. The first kappa shape index (κ1) is 30.1. The first-order chi connectivity index (χ1) is 18.5. The van der Waals surface area contributed by atoms with Gasteiger partial charge in [-0.3, -0.25) is 18.7 Å². The van der Waals surface area contributed by atoms with Crippen LogP contribution in [0.3, 0.4) is 0 Å². The average Bonchev–Trinajstić information content (AvgIpc) is 3.75. The molecule has 1 saturated carbocycles. The second kappa shape index (κ2) is 13.6. The zero-order valence-corrected chi connectivity index (χ0v) is 23.8. The molecule has 0 unspecified atom stereocenters. The maximum Gasteiger partial charge on any atom is 0.251 e. The molecule has 0 saturated heterocycles. The largest absolute Gasteiger partial charge is 0.354 e. The van der Waals surface area contributed by atoms with Crippen molar-refractivity contribution in [2.45, 2.75) is 45.2 Å². The molecule has 0 heterocycles. The molecule has 1 fully saturated rings. The summed E-state index contributed by atoms with van der Waals surface area (Å²) >= 11 is 0. The molecule has 1 aliphatic rings. The van der Waals surface area contributed by atoms with Gasteiger partial charge in [0.25, 0.3) is 11.8 Å². The van der Waals surface area contributed by atoms with E-state index in [1.54, 1.807) is 0 Å². The van der Waals surface area contributed by atoms with Crippen molar-refractivity contribution in [3.05, 3.63) is 65.2 Å². The lowest BCUT2D eigenvalue weighted by molar-refractivity contribution is -0.123. The molecular weight excluding hydrogens is 518 g/mol. The van der Waals surface area contributed by atoms with Crippen molar-refractivity contribution in [1.29, 1.82) is 0 Å². The lowest BCUT2D eigenvalue weighted by atomic mass is 10.1. The summed E-state index contributed by atoms with van der Waals surface area (Å²) in [6.07, 6.45) is 3.98. The summed E-state index contributed by atoms with van der Waals surface area (Å²) in [4.78, 5) is 38.5. The van der Waals surface area contributed by atoms with Gasteiger partial charge in [0.2, 0.25) is 15.9 Å². The molecule has 0 aliphatic heterocycles. The van der Waals surface area contributed by atoms with Gasteiger partial charge < -0.3 is 21.3 Å². The van der Waals surface area contributed by atoms with Crippen LogP contribution >= 0.6 is 0 Å². The fourth-order valence-corrected chi connectivity index (χ4v) is 4.48. The Morgan fingerprint density at radius 1 is 0.974 bits per heavy atom. The third-order valence-corrected chi connectivity index (χ3v) is 7.94. The van der Waals surface area contributed by atoms with Gasteiger partial charge in [0, 0.05) is 37.8 Å². The third kappa shape index (κ3) is 9.07. The molecule has 0 spiro atoms. The van der Waals surface area contributed by atoms with Crippen LogP contribution in [0.15, 0.2) is 48.5 Å².